The number of ether oxygens (including phenoxy) is 3. The maximum Gasteiger partial charge on any atom is 0.263 e. The molecule has 0 aliphatic carbocycles. The molecule has 0 fully saturated rings. The molecule has 0 radical (unpaired) electrons. The maximum atomic E-state index is 12.7. The van der Waals surface area contributed by atoms with Gasteiger partial charge < -0.3 is 23.6 Å². The number of nitrogens with zero attached hydrogens (tertiary/aromatic N) is 3. The number of aryl methyl sites for hydroxylation is 2. The fourth-order valence-electron chi connectivity index (χ4n) is 3.26. The summed E-state index contributed by atoms with van der Waals surface area (Å²) in [7, 11) is 4.81. The van der Waals surface area contributed by atoms with E-state index in [1.54, 1.807) is 46.4 Å². The van der Waals surface area contributed by atoms with Crippen LogP contribution in [0.25, 0.3) is 11.4 Å². The molecular weight excluding hydrogens is 398 g/mol. The summed E-state index contributed by atoms with van der Waals surface area (Å²) >= 11 is 0. The van der Waals surface area contributed by atoms with Crippen molar-refractivity contribution in [2.75, 3.05) is 21.3 Å². The Morgan fingerprint density at radius 3 is 2.42 bits per heavy atom. The molecule has 0 aliphatic rings. The minimum atomic E-state index is -0.657. The number of carbonyl (C=O) groups excluding carboxylic acids is 1. The highest BCUT2D eigenvalue weighted by Crippen LogP contribution is 2.31. The van der Waals surface area contributed by atoms with Crippen LogP contribution in [0.3, 0.4) is 0 Å². The molecule has 31 heavy (non-hydrogen) atoms. The molecule has 0 saturated carbocycles. The molecule has 1 heterocycles. The molecule has 0 spiro atoms. The molecule has 0 unspecified atom stereocenters. The Kier molecular flexibility index (Phi) is 6.79. The van der Waals surface area contributed by atoms with Crippen LogP contribution in [0.15, 0.2) is 40.9 Å². The van der Waals surface area contributed by atoms with Crippen LogP contribution in [0.4, 0.5) is 0 Å². The molecule has 0 saturated heterocycles. The van der Waals surface area contributed by atoms with E-state index < -0.39 is 6.10 Å². The molecule has 3 rings (SSSR count). The predicted octanol–water partition coefficient (Wildman–Crippen LogP) is 3.80. The number of benzene rings is 2. The standard InChI is InChI=1S/C23H27N3O5/c1-14-9-15(2)11-18(10-14)30-16(3)23(27)26(4)13-21-24-22(25-31-21)19-8-7-17(28-5)12-20(19)29-6/h7-12,16H,13H2,1-6H3/t16-/m0/s1. The molecule has 0 aliphatic heterocycles. The highest BCUT2D eigenvalue weighted by Gasteiger charge is 2.22. The molecule has 0 N–H and O–H groups in total. The Hall–Kier alpha value is -3.55. The summed E-state index contributed by atoms with van der Waals surface area (Å²) in [5.74, 6) is 2.37. The molecular formula is C23H27N3O5. The van der Waals surface area contributed by atoms with Crippen molar-refractivity contribution in [3.8, 4) is 28.6 Å². The highest BCUT2D eigenvalue weighted by atomic mass is 16.5. The van der Waals surface area contributed by atoms with Gasteiger partial charge in [0.05, 0.1) is 26.3 Å². The van der Waals surface area contributed by atoms with Gasteiger partial charge in [0.25, 0.3) is 5.91 Å². The number of hydrogen-bond donors (Lipinski definition) is 0. The van der Waals surface area contributed by atoms with Gasteiger partial charge in [-0.1, -0.05) is 11.2 Å². The van der Waals surface area contributed by atoms with Crippen LogP contribution in [-0.2, 0) is 11.3 Å². The summed E-state index contributed by atoms with van der Waals surface area (Å²) in [5, 5.41) is 4.02. The first-order valence-corrected chi connectivity index (χ1v) is 9.85. The van der Waals surface area contributed by atoms with E-state index in [1.165, 1.54) is 4.90 Å². The summed E-state index contributed by atoms with van der Waals surface area (Å²) in [6.07, 6.45) is -0.657. The van der Waals surface area contributed by atoms with E-state index in [4.69, 9.17) is 18.7 Å². The van der Waals surface area contributed by atoms with Crippen LogP contribution >= 0.6 is 0 Å². The van der Waals surface area contributed by atoms with Crippen LogP contribution in [0.1, 0.15) is 23.9 Å². The van der Waals surface area contributed by atoms with Crippen molar-refractivity contribution in [1.82, 2.24) is 15.0 Å². The SMILES string of the molecule is COc1ccc(-c2noc(CN(C)C(=O)[C@H](C)Oc3cc(C)cc(C)c3)n2)c(OC)c1. The van der Waals surface area contributed by atoms with Crippen LogP contribution in [-0.4, -0.2) is 48.3 Å². The lowest BCUT2D eigenvalue weighted by Crippen LogP contribution is -2.37. The van der Waals surface area contributed by atoms with Gasteiger partial charge in [-0.2, -0.15) is 4.98 Å². The van der Waals surface area contributed by atoms with Crippen molar-refractivity contribution < 1.29 is 23.5 Å². The van der Waals surface area contributed by atoms with E-state index in [1.807, 2.05) is 26.0 Å². The highest BCUT2D eigenvalue weighted by molar-refractivity contribution is 5.80. The van der Waals surface area contributed by atoms with Gasteiger partial charge in [-0.25, -0.2) is 0 Å². The molecule has 8 nitrogen and oxygen atoms in total. The normalized spacial score (nSPS) is 11.7. The van der Waals surface area contributed by atoms with Gasteiger partial charge in [-0.15, -0.1) is 0 Å². The van der Waals surface area contributed by atoms with E-state index in [9.17, 15) is 4.79 Å². The number of aromatic nitrogens is 2. The number of carbonyl (C=O) groups is 1. The van der Waals surface area contributed by atoms with Crippen LogP contribution in [0.5, 0.6) is 17.2 Å². The number of methoxy groups -OCH3 is 2. The largest absolute Gasteiger partial charge is 0.497 e. The van der Waals surface area contributed by atoms with Crippen LogP contribution < -0.4 is 14.2 Å². The average molecular weight is 425 g/mol. The minimum Gasteiger partial charge on any atom is -0.497 e. The third-order valence-electron chi connectivity index (χ3n) is 4.72. The fourth-order valence-corrected chi connectivity index (χ4v) is 3.26. The van der Waals surface area contributed by atoms with E-state index in [2.05, 4.69) is 16.2 Å². The zero-order chi connectivity index (χ0) is 22.5. The second kappa shape index (κ2) is 9.51. The molecule has 1 amide bonds. The number of hydrogen-bond acceptors (Lipinski definition) is 7. The predicted molar refractivity (Wildman–Crippen MR) is 115 cm³/mol. The van der Waals surface area contributed by atoms with Gasteiger partial charge in [-0.05, 0) is 56.2 Å². The Balaban J connectivity index is 1.67. The zero-order valence-corrected chi connectivity index (χ0v) is 18.6. The van der Waals surface area contributed by atoms with Crippen molar-refractivity contribution >= 4 is 5.91 Å². The van der Waals surface area contributed by atoms with Gasteiger partial charge in [0, 0.05) is 13.1 Å². The molecule has 1 atom stereocenters. The molecule has 8 heteroatoms. The number of amides is 1. The molecule has 2 aromatic carbocycles. The smallest absolute Gasteiger partial charge is 0.263 e. The first-order chi connectivity index (χ1) is 14.8. The second-order valence-electron chi connectivity index (χ2n) is 7.36. The van der Waals surface area contributed by atoms with E-state index in [0.717, 1.165) is 11.1 Å². The summed E-state index contributed by atoms with van der Waals surface area (Å²) in [5.41, 5.74) is 2.82. The van der Waals surface area contributed by atoms with Gasteiger partial charge >= 0.3 is 0 Å². The monoisotopic (exact) mass is 425 g/mol. The summed E-state index contributed by atoms with van der Waals surface area (Å²) in [6.45, 7) is 5.86. The van der Waals surface area contributed by atoms with Crippen molar-refractivity contribution in [1.29, 1.82) is 0 Å². The lowest BCUT2D eigenvalue weighted by Gasteiger charge is -2.21. The number of likely N-dealkylation sites (N-methyl/N-ethyl adjacent to an activating group) is 1. The van der Waals surface area contributed by atoms with Gasteiger partial charge in [0.1, 0.15) is 17.2 Å². The average Bonchev–Trinajstić information content (AvgIpc) is 3.19. The summed E-state index contributed by atoms with van der Waals surface area (Å²) < 4.78 is 21.8. The van der Waals surface area contributed by atoms with Crippen molar-refractivity contribution in [3.63, 3.8) is 0 Å². The lowest BCUT2D eigenvalue weighted by molar-refractivity contribution is -0.137. The Morgan fingerprint density at radius 1 is 1.06 bits per heavy atom. The van der Waals surface area contributed by atoms with Gasteiger partial charge in [0.2, 0.25) is 11.7 Å². The summed E-state index contributed by atoms with van der Waals surface area (Å²) in [6, 6.07) is 11.2. The third-order valence-corrected chi connectivity index (χ3v) is 4.72. The van der Waals surface area contributed by atoms with Crippen LogP contribution in [0, 0.1) is 13.8 Å². The van der Waals surface area contributed by atoms with E-state index >= 15 is 0 Å². The Morgan fingerprint density at radius 2 is 1.77 bits per heavy atom. The Labute approximate surface area is 181 Å². The Bertz CT molecular complexity index is 1040. The summed E-state index contributed by atoms with van der Waals surface area (Å²) in [4.78, 5) is 18.6. The number of rotatable bonds is 8. The zero-order valence-electron chi connectivity index (χ0n) is 18.6. The van der Waals surface area contributed by atoms with Crippen molar-refractivity contribution in [2.45, 2.75) is 33.4 Å². The van der Waals surface area contributed by atoms with E-state index in [0.29, 0.717) is 34.5 Å². The van der Waals surface area contributed by atoms with E-state index in [-0.39, 0.29) is 12.5 Å². The quantitative estimate of drug-likeness (QED) is 0.542. The first kappa shape index (κ1) is 22.1. The topological polar surface area (TPSA) is 86.9 Å². The molecule has 0 bridgehead atoms. The fraction of sp³-hybridized carbons (Fsp3) is 0.348. The van der Waals surface area contributed by atoms with Crippen molar-refractivity contribution in [3.05, 3.63) is 53.4 Å². The first-order valence-electron chi connectivity index (χ1n) is 9.85. The third kappa shape index (κ3) is 5.33. The molecule has 3 aromatic rings. The lowest BCUT2D eigenvalue weighted by atomic mass is 10.1. The molecule has 164 valence electrons. The van der Waals surface area contributed by atoms with Gasteiger partial charge in [0.15, 0.2) is 6.10 Å². The second-order valence-corrected chi connectivity index (χ2v) is 7.36. The minimum absolute atomic E-state index is 0.158. The van der Waals surface area contributed by atoms with Crippen LogP contribution in [0.2, 0.25) is 0 Å². The van der Waals surface area contributed by atoms with Gasteiger partial charge in [-0.3, -0.25) is 4.79 Å². The molecule has 1 aromatic heterocycles. The maximum absolute atomic E-state index is 12.7. The van der Waals surface area contributed by atoms with Crippen molar-refractivity contribution in [2.24, 2.45) is 0 Å².